The van der Waals surface area contributed by atoms with Gasteiger partial charge in [0, 0.05) is 38.0 Å². The van der Waals surface area contributed by atoms with E-state index in [2.05, 4.69) is 17.0 Å². The SMILES string of the molecule is C=CCC1(NC(=O)C2=C(C)CCC2)CCN(C(=O)/C=C/c2ccnn2C)C1. The fourth-order valence-corrected chi connectivity index (χ4v) is 3.98. The number of carbonyl (C=O) groups is 2. The first-order valence-electron chi connectivity index (χ1n) is 9.51. The zero-order valence-corrected chi connectivity index (χ0v) is 16.2. The number of nitrogens with zero attached hydrogens (tertiary/aromatic N) is 3. The molecule has 0 spiro atoms. The number of hydrogen-bond donors (Lipinski definition) is 1. The summed E-state index contributed by atoms with van der Waals surface area (Å²) in [6.07, 6.45) is 11.2. The molecule has 1 N–H and O–H groups in total. The molecule has 2 amide bonds. The fraction of sp³-hybridized carbons (Fsp3) is 0.476. The van der Waals surface area contributed by atoms with Crippen LogP contribution in [0.4, 0.5) is 0 Å². The number of hydrogen-bond acceptors (Lipinski definition) is 3. The molecule has 1 aliphatic heterocycles. The molecule has 1 aliphatic carbocycles. The third-order valence-corrected chi connectivity index (χ3v) is 5.60. The Bertz CT molecular complexity index is 805. The van der Waals surface area contributed by atoms with Crippen LogP contribution in [-0.4, -0.2) is 45.1 Å². The lowest BCUT2D eigenvalue weighted by Crippen LogP contribution is -2.51. The molecular formula is C21H28N4O2. The Hall–Kier alpha value is -2.63. The molecule has 144 valence electrons. The van der Waals surface area contributed by atoms with Crippen LogP contribution in [0.25, 0.3) is 6.08 Å². The van der Waals surface area contributed by atoms with Gasteiger partial charge in [0.15, 0.2) is 0 Å². The minimum absolute atomic E-state index is 0.0200. The topological polar surface area (TPSA) is 67.2 Å². The number of aryl methyl sites for hydroxylation is 1. The van der Waals surface area contributed by atoms with Crippen molar-refractivity contribution in [3.8, 4) is 0 Å². The maximum Gasteiger partial charge on any atom is 0.247 e. The van der Waals surface area contributed by atoms with Crippen molar-refractivity contribution in [1.29, 1.82) is 0 Å². The quantitative estimate of drug-likeness (QED) is 0.620. The fourth-order valence-electron chi connectivity index (χ4n) is 3.98. The van der Waals surface area contributed by atoms with E-state index in [-0.39, 0.29) is 11.8 Å². The number of allylic oxidation sites excluding steroid dienone is 1. The van der Waals surface area contributed by atoms with E-state index in [4.69, 9.17) is 0 Å². The van der Waals surface area contributed by atoms with Crippen LogP contribution in [-0.2, 0) is 16.6 Å². The van der Waals surface area contributed by atoms with Gasteiger partial charge in [0.25, 0.3) is 0 Å². The van der Waals surface area contributed by atoms with Gasteiger partial charge in [-0.1, -0.05) is 11.6 Å². The number of likely N-dealkylation sites (tertiary alicyclic amines) is 1. The molecule has 0 bridgehead atoms. The van der Waals surface area contributed by atoms with Crippen LogP contribution in [0.5, 0.6) is 0 Å². The maximum atomic E-state index is 12.8. The molecule has 1 saturated heterocycles. The average Bonchev–Trinajstić information content (AvgIpc) is 3.34. The summed E-state index contributed by atoms with van der Waals surface area (Å²) in [7, 11) is 1.84. The van der Waals surface area contributed by atoms with Gasteiger partial charge in [-0.05, 0) is 51.2 Å². The molecule has 0 radical (unpaired) electrons. The summed E-state index contributed by atoms with van der Waals surface area (Å²) in [6.45, 7) is 7.02. The van der Waals surface area contributed by atoms with Gasteiger partial charge in [-0.15, -0.1) is 6.58 Å². The molecule has 0 saturated carbocycles. The predicted octanol–water partition coefficient (Wildman–Crippen LogP) is 2.60. The molecule has 1 unspecified atom stereocenters. The van der Waals surface area contributed by atoms with Crippen molar-refractivity contribution in [3.05, 3.63) is 47.8 Å². The molecule has 3 rings (SSSR count). The molecule has 6 heteroatoms. The van der Waals surface area contributed by atoms with Gasteiger partial charge >= 0.3 is 0 Å². The van der Waals surface area contributed by atoms with Crippen molar-refractivity contribution >= 4 is 17.9 Å². The smallest absolute Gasteiger partial charge is 0.247 e. The third kappa shape index (κ3) is 4.21. The van der Waals surface area contributed by atoms with E-state index in [1.807, 2.05) is 26.1 Å². The molecular weight excluding hydrogens is 340 g/mol. The lowest BCUT2D eigenvalue weighted by molar-refractivity contribution is -0.126. The highest BCUT2D eigenvalue weighted by molar-refractivity contribution is 5.95. The van der Waals surface area contributed by atoms with E-state index in [1.54, 1.807) is 27.9 Å². The average molecular weight is 368 g/mol. The Morgan fingerprint density at radius 3 is 2.85 bits per heavy atom. The van der Waals surface area contributed by atoms with Crippen LogP contribution < -0.4 is 5.32 Å². The first kappa shape index (κ1) is 19.1. The number of rotatable bonds is 6. The monoisotopic (exact) mass is 368 g/mol. The number of nitrogens with one attached hydrogen (secondary N) is 1. The number of aromatic nitrogens is 2. The number of amides is 2. The van der Waals surface area contributed by atoms with Crippen molar-refractivity contribution in [1.82, 2.24) is 20.0 Å². The molecule has 2 aliphatic rings. The minimum Gasteiger partial charge on any atom is -0.345 e. The van der Waals surface area contributed by atoms with Gasteiger partial charge in [-0.2, -0.15) is 5.10 Å². The van der Waals surface area contributed by atoms with Crippen LogP contribution in [0.2, 0.25) is 0 Å². The Balaban J connectivity index is 1.67. The van der Waals surface area contributed by atoms with E-state index >= 15 is 0 Å². The van der Waals surface area contributed by atoms with Crippen molar-refractivity contribution in [2.75, 3.05) is 13.1 Å². The first-order valence-corrected chi connectivity index (χ1v) is 9.51. The van der Waals surface area contributed by atoms with Crippen molar-refractivity contribution < 1.29 is 9.59 Å². The molecule has 27 heavy (non-hydrogen) atoms. The Morgan fingerprint density at radius 1 is 1.41 bits per heavy atom. The highest BCUT2D eigenvalue weighted by atomic mass is 16.2. The van der Waals surface area contributed by atoms with Crippen LogP contribution in [0.1, 0.15) is 44.7 Å². The summed E-state index contributed by atoms with van der Waals surface area (Å²) >= 11 is 0. The maximum absolute atomic E-state index is 12.8. The zero-order chi connectivity index (χ0) is 19.4. The van der Waals surface area contributed by atoms with Gasteiger partial charge < -0.3 is 10.2 Å². The summed E-state index contributed by atoms with van der Waals surface area (Å²) in [6, 6.07) is 1.85. The minimum atomic E-state index is -0.426. The predicted molar refractivity (Wildman–Crippen MR) is 106 cm³/mol. The van der Waals surface area contributed by atoms with Gasteiger partial charge in [-0.25, -0.2) is 0 Å². The summed E-state index contributed by atoms with van der Waals surface area (Å²) < 4.78 is 1.72. The highest BCUT2D eigenvalue weighted by Crippen LogP contribution is 2.29. The Morgan fingerprint density at radius 2 is 2.22 bits per heavy atom. The molecule has 6 nitrogen and oxygen atoms in total. The molecule has 1 aromatic heterocycles. The van der Waals surface area contributed by atoms with Crippen LogP contribution in [0.3, 0.4) is 0 Å². The Kier molecular flexibility index (Phi) is 5.63. The first-order chi connectivity index (χ1) is 12.9. The van der Waals surface area contributed by atoms with E-state index in [0.717, 1.165) is 37.0 Å². The second-order valence-electron chi connectivity index (χ2n) is 7.56. The van der Waals surface area contributed by atoms with Gasteiger partial charge in [-0.3, -0.25) is 14.3 Å². The van der Waals surface area contributed by atoms with E-state index < -0.39 is 5.54 Å². The van der Waals surface area contributed by atoms with Crippen LogP contribution >= 0.6 is 0 Å². The van der Waals surface area contributed by atoms with Crippen molar-refractivity contribution in [2.24, 2.45) is 7.05 Å². The molecule has 1 atom stereocenters. The summed E-state index contributed by atoms with van der Waals surface area (Å²) in [5.41, 5.74) is 2.55. The lowest BCUT2D eigenvalue weighted by atomic mass is 9.93. The second-order valence-corrected chi connectivity index (χ2v) is 7.56. The lowest BCUT2D eigenvalue weighted by Gasteiger charge is -2.30. The molecule has 0 aromatic carbocycles. The van der Waals surface area contributed by atoms with Gasteiger partial charge in [0.1, 0.15) is 0 Å². The van der Waals surface area contributed by atoms with Crippen molar-refractivity contribution in [3.63, 3.8) is 0 Å². The second kappa shape index (κ2) is 7.94. The highest BCUT2D eigenvalue weighted by Gasteiger charge is 2.40. The van der Waals surface area contributed by atoms with Crippen molar-refractivity contribution in [2.45, 2.75) is 44.6 Å². The van der Waals surface area contributed by atoms with E-state index in [0.29, 0.717) is 19.5 Å². The number of carbonyl (C=O) groups excluding carboxylic acids is 2. The zero-order valence-electron chi connectivity index (χ0n) is 16.2. The van der Waals surface area contributed by atoms with E-state index in [9.17, 15) is 9.59 Å². The van der Waals surface area contributed by atoms with Gasteiger partial charge in [0.05, 0.1) is 11.2 Å². The summed E-state index contributed by atoms with van der Waals surface area (Å²) in [5, 5.41) is 7.32. The largest absolute Gasteiger partial charge is 0.345 e. The summed E-state index contributed by atoms with van der Waals surface area (Å²) in [5.74, 6) is -0.0285. The molecule has 2 heterocycles. The van der Waals surface area contributed by atoms with Crippen LogP contribution in [0, 0.1) is 0 Å². The standard InChI is InChI=1S/C21H28N4O2/c1-4-11-21(23-20(27)18-7-5-6-16(18)2)12-14-25(15-21)19(26)9-8-17-10-13-22-24(17)3/h4,8-10,13H,1,5-7,11-12,14-15H2,2-3H3,(H,23,27)/b9-8+. The molecule has 1 aromatic rings. The third-order valence-electron chi connectivity index (χ3n) is 5.60. The molecule has 1 fully saturated rings. The van der Waals surface area contributed by atoms with E-state index in [1.165, 1.54) is 5.57 Å². The van der Waals surface area contributed by atoms with Gasteiger partial charge in [0.2, 0.25) is 11.8 Å². The van der Waals surface area contributed by atoms with Crippen LogP contribution in [0.15, 0.2) is 42.1 Å². The summed E-state index contributed by atoms with van der Waals surface area (Å²) in [4.78, 5) is 27.2. The normalized spacial score (nSPS) is 22.7. The Labute approximate surface area is 160 Å².